The summed E-state index contributed by atoms with van der Waals surface area (Å²) in [7, 11) is 3.35. The number of carbonyl (C=O) groups is 1. The summed E-state index contributed by atoms with van der Waals surface area (Å²) < 4.78 is 5.33. The van der Waals surface area contributed by atoms with Crippen molar-refractivity contribution in [2.75, 3.05) is 14.2 Å². The molecule has 1 fully saturated rings. The van der Waals surface area contributed by atoms with E-state index in [1.165, 1.54) is 0 Å². The highest BCUT2D eigenvalue weighted by molar-refractivity contribution is 6.31. The zero-order valence-electron chi connectivity index (χ0n) is 10.5. The Hall–Kier alpha value is -1.26. The van der Waals surface area contributed by atoms with E-state index in [4.69, 9.17) is 22.1 Å². The molecule has 18 heavy (non-hydrogen) atoms. The Kier molecular flexibility index (Phi) is 3.78. The topological polar surface area (TPSA) is 55.6 Å². The minimum Gasteiger partial charge on any atom is -0.496 e. The summed E-state index contributed by atoms with van der Waals surface area (Å²) in [5.41, 5.74) is 6.94. The summed E-state index contributed by atoms with van der Waals surface area (Å²) in [4.78, 5) is 13.5. The van der Waals surface area contributed by atoms with Gasteiger partial charge in [0.2, 0.25) is 5.91 Å². The lowest BCUT2D eigenvalue weighted by Crippen LogP contribution is -2.47. The first-order valence-corrected chi connectivity index (χ1v) is 6.27. The maximum atomic E-state index is 11.8. The third kappa shape index (κ3) is 2.18. The van der Waals surface area contributed by atoms with E-state index in [2.05, 4.69) is 0 Å². The van der Waals surface area contributed by atoms with Gasteiger partial charge in [-0.25, -0.2) is 0 Å². The van der Waals surface area contributed by atoms with Gasteiger partial charge in [0, 0.05) is 30.1 Å². The van der Waals surface area contributed by atoms with Crippen LogP contribution in [0.4, 0.5) is 0 Å². The van der Waals surface area contributed by atoms with Crippen LogP contribution in [0.25, 0.3) is 0 Å². The van der Waals surface area contributed by atoms with Crippen LogP contribution in [0.1, 0.15) is 24.4 Å². The molecule has 1 amide bonds. The molecule has 1 aromatic carbocycles. The molecule has 0 saturated carbocycles. The number of nitrogens with zero attached hydrogens (tertiary/aromatic N) is 1. The van der Waals surface area contributed by atoms with Crippen molar-refractivity contribution in [3.8, 4) is 5.75 Å². The lowest BCUT2D eigenvalue weighted by Gasteiger charge is -2.38. The molecule has 5 heteroatoms. The second-order valence-corrected chi connectivity index (χ2v) is 4.91. The van der Waals surface area contributed by atoms with Crippen molar-refractivity contribution in [1.29, 1.82) is 0 Å². The monoisotopic (exact) mass is 268 g/mol. The number of methoxy groups -OCH3 is 1. The van der Waals surface area contributed by atoms with Crippen LogP contribution >= 0.6 is 11.6 Å². The zero-order chi connectivity index (χ0) is 13.3. The first kappa shape index (κ1) is 13.2. The average Bonchev–Trinajstić information content (AvgIpc) is 2.36. The summed E-state index contributed by atoms with van der Waals surface area (Å²) in [6.45, 7) is 0. The fourth-order valence-electron chi connectivity index (χ4n) is 2.46. The van der Waals surface area contributed by atoms with Crippen LogP contribution in [-0.4, -0.2) is 31.0 Å². The number of likely N-dealkylation sites (N-methyl/N-ethyl adjacent to an activating group) is 1. The van der Waals surface area contributed by atoms with Crippen molar-refractivity contribution in [3.63, 3.8) is 0 Å². The first-order chi connectivity index (χ1) is 8.56. The Balaban J connectivity index is 2.48. The molecule has 0 aliphatic carbocycles. The van der Waals surface area contributed by atoms with Gasteiger partial charge in [0.25, 0.3) is 0 Å². The Bertz CT molecular complexity index is 464. The molecule has 4 nitrogen and oxygen atoms in total. The van der Waals surface area contributed by atoms with Crippen LogP contribution in [0, 0.1) is 0 Å². The molecule has 1 saturated heterocycles. The SMILES string of the molecule is COc1cccc(Cl)c1C1C(N)CCC(=O)N1C. The zero-order valence-corrected chi connectivity index (χ0v) is 11.3. The van der Waals surface area contributed by atoms with Gasteiger partial charge in [-0.3, -0.25) is 4.79 Å². The fraction of sp³-hybridized carbons (Fsp3) is 0.462. The quantitative estimate of drug-likeness (QED) is 0.892. The average molecular weight is 269 g/mol. The molecule has 0 bridgehead atoms. The molecule has 1 heterocycles. The summed E-state index contributed by atoms with van der Waals surface area (Å²) in [5, 5.41) is 0.580. The van der Waals surface area contributed by atoms with Gasteiger partial charge >= 0.3 is 0 Å². The van der Waals surface area contributed by atoms with Gasteiger partial charge in [-0.15, -0.1) is 0 Å². The summed E-state index contributed by atoms with van der Waals surface area (Å²) >= 11 is 6.25. The minimum absolute atomic E-state index is 0.0867. The molecule has 2 N–H and O–H groups in total. The maximum Gasteiger partial charge on any atom is 0.222 e. The second-order valence-electron chi connectivity index (χ2n) is 4.51. The summed E-state index contributed by atoms with van der Waals surface area (Å²) in [6, 6.07) is 5.09. The predicted molar refractivity (Wildman–Crippen MR) is 70.7 cm³/mol. The Morgan fingerprint density at radius 1 is 1.50 bits per heavy atom. The third-order valence-corrected chi connectivity index (χ3v) is 3.77. The van der Waals surface area contributed by atoms with Gasteiger partial charge < -0.3 is 15.4 Å². The van der Waals surface area contributed by atoms with E-state index in [1.807, 2.05) is 12.1 Å². The number of rotatable bonds is 2. The van der Waals surface area contributed by atoms with Gasteiger partial charge in [-0.1, -0.05) is 17.7 Å². The van der Waals surface area contributed by atoms with E-state index >= 15 is 0 Å². The van der Waals surface area contributed by atoms with Crippen LogP contribution < -0.4 is 10.5 Å². The van der Waals surface area contributed by atoms with Crippen LogP contribution in [0.2, 0.25) is 5.02 Å². The number of amides is 1. The highest BCUT2D eigenvalue weighted by Crippen LogP contribution is 2.39. The number of carbonyl (C=O) groups excluding carboxylic acids is 1. The van der Waals surface area contributed by atoms with E-state index < -0.39 is 0 Å². The number of ether oxygens (including phenoxy) is 1. The number of nitrogens with two attached hydrogens (primary N) is 1. The van der Waals surface area contributed by atoms with Gasteiger partial charge in [-0.2, -0.15) is 0 Å². The van der Waals surface area contributed by atoms with Crippen molar-refractivity contribution in [2.45, 2.75) is 24.9 Å². The minimum atomic E-state index is -0.227. The number of benzene rings is 1. The Morgan fingerprint density at radius 3 is 2.89 bits per heavy atom. The molecule has 0 radical (unpaired) electrons. The largest absolute Gasteiger partial charge is 0.496 e. The fourth-order valence-corrected chi connectivity index (χ4v) is 2.73. The number of hydrogen-bond donors (Lipinski definition) is 1. The van der Waals surface area contributed by atoms with Crippen molar-refractivity contribution in [2.24, 2.45) is 5.73 Å². The lowest BCUT2D eigenvalue weighted by atomic mass is 9.90. The molecule has 2 rings (SSSR count). The van der Waals surface area contributed by atoms with Gasteiger partial charge in [0.15, 0.2) is 0 Å². The molecule has 1 aliphatic rings. The van der Waals surface area contributed by atoms with Gasteiger partial charge in [-0.05, 0) is 18.6 Å². The Labute approximate surface area is 112 Å². The molecular formula is C13H17ClN2O2. The molecule has 1 aliphatic heterocycles. The van der Waals surface area contributed by atoms with Crippen LogP contribution in [-0.2, 0) is 4.79 Å². The van der Waals surface area contributed by atoms with E-state index in [9.17, 15) is 4.79 Å². The normalized spacial score (nSPS) is 24.2. The van der Waals surface area contributed by atoms with Crippen LogP contribution in [0.15, 0.2) is 18.2 Å². The number of halogens is 1. The molecule has 0 spiro atoms. The molecule has 98 valence electrons. The highest BCUT2D eigenvalue weighted by Gasteiger charge is 2.35. The van der Waals surface area contributed by atoms with E-state index in [1.54, 1.807) is 25.1 Å². The van der Waals surface area contributed by atoms with E-state index in [-0.39, 0.29) is 18.0 Å². The molecule has 2 unspecified atom stereocenters. The number of likely N-dealkylation sites (tertiary alicyclic amines) is 1. The first-order valence-electron chi connectivity index (χ1n) is 5.90. The van der Waals surface area contributed by atoms with E-state index in [0.29, 0.717) is 23.6 Å². The standard InChI is InChI=1S/C13H17ClN2O2/c1-16-11(17)7-6-9(15)13(16)12-8(14)4-3-5-10(12)18-2/h3-5,9,13H,6-7,15H2,1-2H3. The third-order valence-electron chi connectivity index (χ3n) is 3.44. The summed E-state index contributed by atoms with van der Waals surface area (Å²) in [6.07, 6.45) is 1.16. The maximum absolute atomic E-state index is 11.8. The van der Waals surface area contributed by atoms with E-state index in [0.717, 1.165) is 5.56 Å². The molecule has 2 atom stereocenters. The van der Waals surface area contributed by atoms with Gasteiger partial charge in [0.05, 0.1) is 13.2 Å². The molecular weight excluding hydrogens is 252 g/mol. The molecule has 0 aromatic heterocycles. The van der Waals surface area contributed by atoms with Crippen LogP contribution in [0.3, 0.4) is 0 Å². The number of piperidine rings is 1. The van der Waals surface area contributed by atoms with Crippen LogP contribution in [0.5, 0.6) is 5.75 Å². The second kappa shape index (κ2) is 5.16. The number of hydrogen-bond acceptors (Lipinski definition) is 3. The smallest absolute Gasteiger partial charge is 0.222 e. The summed E-state index contributed by atoms with van der Waals surface area (Å²) in [5.74, 6) is 0.758. The van der Waals surface area contributed by atoms with Crippen molar-refractivity contribution in [3.05, 3.63) is 28.8 Å². The van der Waals surface area contributed by atoms with Crippen molar-refractivity contribution >= 4 is 17.5 Å². The lowest BCUT2D eigenvalue weighted by molar-refractivity contribution is -0.135. The van der Waals surface area contributed by atoms with Crippen molar-refractivity contribution in [1.82, 2.24) is 4.90 Å². The Morgan fingerprint density at radius 2 is 2.22 bits per heavy atom. The van der Waals surface area contributed by atoms with Gasteiger partial charge in [0.1, 0.15) is 5.75 Å². The highest BCUT2D eigenvalue weighted by atomic mass is 35.5. The molecule has 1 aromatic rings. The predicted octanol–water partition coefficient (Wildman–Crippen LogP) is 1.97. The van der Waals surface area contributed by atoms with Crippen molar-refractivity contribution < 1.29 is 9.53 Å².